The van der Waals surface area contributed by atoms with E-state index in [9.17, 15) is 13.2 Å². The summed E-state index contributed by atoms with van der Waals surface area (Å²) >= 11 is 0. The number of allylic oxidation sites excluding steroid dienone is 1. The lowest BCUT2D eigenvalue weighted by Crippen LogP contribution is -2.15. The van der Waals surface area contributed by atoms with E-state index in [0.717, 1.165) is 24.8 Å². The van der Waals surface area contributed by atoms with Crippen LogP contribution in [0.3, 0.4) is 0 Å². The SMILES string of the molecule is O=C(Nc1cccc(NS(=O)(=O)c2ccccc2)c1)C1=CCCC1. The van der Waals surface area contributed by atoms with Gasteiger partial charge in [0.15, 0.2) is 0 Å². The molecule has 5 nitrogen and oxygen atoms in total. The Hall–Kier alpha value is -2.60. The van der Waals surface area contributed by atoms with Gasteiger partial charge in [-0.3, -0.25) is 9.52 Å². The quantitative estimate of drug-likeness (QED) is 0.873. The van der Waals surface area contributed by atoms with E-state index < -0.39 is 10.0 Å². The van der Waals surface area contributed by atoms with Crippen LogP contribution in [-0.2, 0) is 14.8 Å². The Morgan fingerprint density at radius 3 is 2.42 bits per heavy atom. The van der Waals surface area contributed by atoms with Gasteiger partial charge in [0.25, 0.3) is 15.9 Å². The highest BCUT2D eigenvalue weighted by atomic mass is 32.2. The number of hydrogen-bond acceptors (Lipinski definition) is 3. The van der Waals surface area contributed by atoms with E-state index in [1.165, 1.54) is 12.1 Å². The number of sulfonamides is 1. The molecule has 0 fully saturated rings. The number of hydrogen-bond donors (Lipinski definition) is 2. The minimum Gasteiger partial charge on any atom is -0.322 e. The summed E-state index contributed by atoms with van der Waals surface area (Å²) in [6.45, 7) is 0. The molecule has 0 atom stereocenters. The average molecular weight is 342 g/mol. The molecule has 0 aromatic heterocycles. The lowest BCUT2D eigenvalue weighted by atomic mass is 10.2. The molecule has 2 aromatic carbocycles. The standard InChI is InChI=1S/C18H18N2O3S/c21-18(14-7-4-5-8-14)19-15-9-6-10-16(13-15)20-24(22,23)17-11-2-1-3-12-17/h1-3,6-7,9-13,20H,4-5,8H2,(H,19,21). The topological polar surface area (TPSA) is 75.3 Å². The first-order chi connectivity index (χ1) is 11.5. The molecule has 1 aliphatic rings. The van der Waals surface area contributed by atoms with Gasteiger partial charge in [0.1, 0.15) is 0 Å². The Morgan fingerprint density at radius 2 is 1.71 bits per heavy atom. The van der Waals surface area contributed by atoms with E-state index >= 15 is 0 Å². The van der Waals surface area contributed by atoms with Crippen LogP contribution in [0.25, 0.3) is 0 Å². The molecule has 3 rings (SSSR count). The van der Waals surface area contributed by atoms with Crippen molar-refractivity contribution < 1.29 is 13.2 Å². The molecule has 0 saturated heterocycles. The molecular weight excluding hydrogens is 324 g/mol. The molecule has 0 heterocycles. The van der Waals surface area contributed by atoms with Gasteiger partial charge in [-0.25, -0.2) is 8.42 Å². The summed E-state index contributed by atoms with van der Waals surface area (Å²) in [5, 5.41) is 2.81. The summed E-state index contributed by atoms with van der Waals surface area (Å²) in [6.07, 6.45) is 4.66. The molecule has 0 bridgehead atoms. The third-order valence-corrected chi connectivity index (χ3v) is 5.16. The van der Waals surface area contributed by atoms with E-state index in [-0.39, 0.29) is 10.8 Å². The normalized spacial score (nSPS) is 14.1. The zero-order valence-corrected chi connectivity index (χ0v) is 13.8. The molecule has 2 aromatic rings. The average Bonchev–Trinajstić information content (AvgIpc) is 3.10. The van der Waals surface area contributed by atoms with Crippen molar-refractivity contribution in [3.8, 4) is 0 Å². The van der Waals surface area contributed by atoms with Crippen molar-refractivity contribution in [1.29, 1.82) is 0 Å². The van der Waals surface area contributed by atoms with Crippen LogP contribution in [0, 0.1) is 0 Å². The molecule has 0 spiro atoms. The summed E-state index contributed by atoms with van der Waals surface area (Å²) in [7, 11) is -3.65. The maximum atomic E-state index is 12.3. The van der Waals surface area contributed by atoms with Crippen molar-refractivity contribution in [1.82, 2.24) is 0 Å². The van der Waals surface area contributed by atoms with E-state index in [1.54, 1.807) is 42.5 Å². The maximum Gasteiger partial charge on any atom is 0.261 e. The fraction of sp³-hybridized carbons (Fsp3) is 0.167. The zero-order chi connectivity index (χ0) is 17.0. The van der Waals surface area contributed by atoms with Crippen LogP contribution in [0.15, 0.2) is 71.1 Å². The molecule has 2 N–H and O–H groups in total. The summed E-state index contributed by atoms with van der Waals surface area (Å²) in [5.41, 5.74) is 1.74. The number of rotatable bonds is 5. The number of benzene rings is 2. The fourth-order valence-corrected chi connectivity index (χ4v) is 3.63. The van der Waals surface area contributed by atoms with E-state index in [4.69, 9.17) is 0 Å². The Morgan fingerprint density at radius 1 is 0.958 bits per heavy atom. The smallest absolute Gasteiger partial charge is 0.261 e. The van der Waals surface area contributed by atoms with E-state index in [1.807, 2.05) is 6.08 Å². The number of anilines is 2. The van der Waals surface area contributed by atoms with Crippen molar-refractivity contribution in [3.05, 3.63) is 66.2 Å². The lowest BCUT2D eigenvalue weighted by Gasteiger charge is -2.10. The Labute approximate surface area is 141 Å². The minimum atomic E-state index is -3.65. The van der Waals surface area contributed by atoms with Crippen molar-refractivity contribution in [3.63, 3.8) is 0 Å². The van der Waals surface area contributed by atoms with Crippen molar-refractivity contribution >= 4 is 27.3 Å². The summed E-state index contributed by atoms with van der Waals surface area (Å²) in [6, 6.07) is 14.8. The molecule has 0 radical (unpaired) electrons. The van der Waals surface area contributed by atoms with Crippen LogP contribution in [0.5, 0.6) is 0 Å². The van der Waals surface area contributed by atoms with E-state index in [0.29, 0.717) is 11.4 Å². The Balaban J connectivity index is 1.75. The van der Waals surface area contributed by atoms with Crippen LogP contribution >= 0.6 is 0 Å². The zero-order valence-electron chi connectivity index (χ0n) is 13.0. The number of amides is 1. The van der Waals surface area contributed by atoms with Crippen LogP contribution in [0.2, 0.25) is 0 Å². The van der Waals surface area contributed by atoms with Crippen LogP contribution in [0.1, 0.15) is 19.3 Å². The summed E-state index contributed by atoms with van der Waals surface area (Å²) in [4.78, 5) is 12.3. The van der Waals surface area contributed by atoms with Gasteiger partial charge in [0.2, 0.25) is 0 Å². The van der Waals surface area contributed by atoms with Crippen molar-refractivity contribution in [2.24, 2.45) is 0 Å². The molecule has 24 heavy (non-hydrogen) atoms. The molecule has 124 valence electrons. The monoisotopic (exact) mass is 342 g/mol. The Bertz CT molecular complexity index is 874. The number of carbonyl (C=O) groups excluding carboxylic acids is 1. The van der Waals surface area contributed by atoms with Gasteiger partial charge in [-0.1, -0.05) is 30.3 Å². The molecule has 0 unspecified atom stereocenters. The molecular formula is C18H18N2O3S. The van der Waals surface area contributed by atoms with Crippen molar-refractivity contribution in [2.45, 2.75) is 24.2 Å². The van der Waals surface area contributed by atoms with Gasteiger partial charge >= 0.3 is 0 Å². The minimum absolute atomic E-state index is 0.129. The highest BCUT2D eigenvalue weighted by Gasteiger charge is 2.15. The van der Waals surface area contributed by atoms with Crippen LogP contribution < -0.4 is 10.0 Å². The van der Waals surface area contributed by atoms with Crippen LogP contribution in [0.4, 0.5) is 11.4 Å². The largest absolute Gasteiger partial charge is 0.322 e. The second-order valence-electron chi connectivity index (χ2n) is 5.58. The predicted molar refractivity (Wildman–Crippen MR) is 94.3 cm³/mol. The second kappa shape index (κ2) is 6.88. The van der Waals surface area contributed by atoms with Gasteiger partial charge in [-0.15, -0.1) is 0 Å². The lowest BCUT2D eigenvalue weighted by molar-refractivity contribution is -0.112. The van der Waals surface area contributed by atoms with Crippen LogP contribution in [-0.4, -0.2) is 14.3 Å². The Kier molecular flexibility index (Phi) is 4.66. The second-order valence-corrected chi connectivity index (χ2v) is 7.26. The summed E-state index contributed by atoms with van der Waals surface area (Å²) < 4.78 is 27.2. The van der Waals surface area contributed by atoms with Gasteiger partial charge in [-0.05, 0) is 49.6 Å². The molecule has 1 aliphatic carbocycles. The molecule has 0 aliphatic heterocycles. The van der Waals surface area contributed by atoms with Gasteiger partial charge in [0.05, 0.1) is 10.6 Å². The third-order valence-electron chi connectivity index (χ3n) is 3.76. The first-order valence-corrected chi connectivity index (χ1v) is 9.21. The van der Waals surface area contributed by atoms with Gasteiger partial charge < -0.3 is 5.32 Å². The predicted octanol–water partition coefficient (Wildman–Crippen LogP) is 3.54. The highest BCUT2D eigenvalue weighted by Crippen LogP contribution is 2.22. The third kappa shape index (κ3) is 3.83. The first kappa shape index (κ1) is 16.3. The van der Waals surface area contributed by atoms with Crippen molar-refractivity contribution in [2.75, 3.05) is 10.0 Å². The van der Waals surface area contributed by atoms with Gasteiger partial charge in [0, 0.05) is 11.3 Å². The van der Waals surface area contributed by atoms with Gasteiger partial charge in [-0.2, -0.15) is 0 Å². The summed E-state index contributed by atoms with van der Waals surface area (Å²) in [5.74, 6) is -0.129. The molecule has 0 saturated carbocycles. The van der Waals surface area contributed by atoms with E-state index in [2.05, 4.69) is 10.0 Å². The number of nitrogens with one attached hydrogen (secondary N) is 2. The highest BCUT2D eigenvalue weighted by molar-refractivity contribution is 7.92. The molecule has 1 amide bonds. The number of carbonyl (C=O) groups is 1. The molecule has 6 heteroatoms. The fourth-order valence-electron chi connectivity index (χ4n) is 2.56. The maximum absolute atomic E-state index is 12.3. The first-order valence-electron chi connectivity index (χ1n) is 7.73.